The Morgan fingerprint density at radius 3 is 2.72 bits per heavy atom. The topological polar surface area (TPSA) is 45.2 Å². The quantitative estimate of drug-likeness (QED) is 0.818. The Kier molecular flexibility index (Phi) is 3.39. The number of nitrogens with one attached hydrogen (secondary N) is 1. The maximum absolute atomic E-state index is 12.6. The molecule has 0 aliphatic carbocycles. The molecule has 0 bridgehead atoms. The average Bonchev–Trinajstić information content (AvgIpc) is 2.27. The molecule has 1 aromatic heterocycles. The minimum atomic E-state index is -0.146. The van der Waals surface area contributed by atoms with E-state index in [4.69, 9.17) is 0 Å². The lowest BCUT2D eigenvalue weighted by atomic mass is 9.98. The van der Waals surface area contributed by atoms with Crippen LogP contribution in [0.5, 0.6) is 0 Å². The molecule has 4 nitrogen and oxygen atoms in total. The summed E-state index contributed by atoms with van der Waals surface area (Å²) in [5.41, 5.74) is 2.33. The molecule has 1 N–H and O–H groups in total. The summed E-state index contributed by atoms with van der Waals surface area (Å²) in [7, 11) is 0. The van der Waals surface area contributed by atoms with Gasteiger partial charge in [0.1, 0.15) is 0 Å². The van der Waals surface area contributed by atoms with E-state index in [-0.39, 0.29) is 11.4 Å². The molecule has 98 valence electrons. The van der Waals surface area contributed by atoms with Crippen LogP contribution in [0.4, 0.5) is 0 Å². The van der Waals surface area contributed by atoms with Crippen LogP contribution < -0.4 is 5.32 Å². The maximum atomic E-state index is 12.6. The zero-order chi connectivity index (χ0) is 13.3. The predicted molar refractivity (Wildman–Crippen MR) is 71.7 cm³/mol. The third kappa shape index (κ3) is 2.38. The van der Waals surface area contributed by atoms with Crippen LogP contribution in [0, 0.1) is 13.8 Å². The normalized spacial score (nSPS) is 18.8. The number of piperazine rings is 1. The van der Waals surface area contributed by atoms with Crippen molar-refractivity contribution in [2.24, 2.45) is 0 Å². The Morgan fingerprint density at radius 1 is 1.39 bits per heavy atom. The van der Waals surface area contributed by atoms with Gasteiger partial charge in [-0.25, -0.2) is 0 Å². The third-order valence-electron chi connectivity index (χ3n) is 3.50. The van der Waals surface area contributed by atoms with Crippen LogP contribution >= 0.6 is 0 Å². The highest BCUT2D eigenvalue weighted by Crippen LogP contribution is 2.20. The van der Waals surface area contributed by atoms with Crippen molar-refractivity contribution >= 4 is 5.91 Å². The molecule has 0 unspecified atom stereocenters. The highest BCUT2D eigenvalue weighted by molar-refractivity contribution is 5.95. The molecule has 18 heavy (non-hydrogen) atoms. The second kappa shape index (κ2) is 4.69. The summed E-state index contributed by atoms with van der Waals surface area (Å²) < 4.78 is 0. The van der Waals surface area contributed by atoms with E-state index < -0.39 is 0 Å². The molecule has 2 heterocycles. The minimum Gasteiger partial charge on any atom is -0.331 e. The lowest BCUT2D eigenvalue weighted by molar-refractivity contribution is 0.0476. The molecule has 1 aliphatic heterocycles. The van der Waals surface area contributed by atoms with E-state index in [9.17, 15) is 4.79 Å². The number of pyridine rings is 1. The third-order valence-corrected chi connectivity index (χ3v) is 3.50. The summed E-state index contributed by atoms with van der Waals surface area (Å²) in [6, 6.07) is 3.79. The fraction of sp³-hybridized carbons (Fsp3) is 0.571. The summed E-state index contributed by atoms with van der Waals surface area (Å²) in [6.45, 7) is 10.5. The SMILES string of the molecule is Cc1ccc(C(=O)N2CCNCC2(C)C)c(C)n1. The van der Waals surface area contributed by atoms with Crippen molar-refractivity contribution in [1.29, 1.82) is 0 Å². The van der Waals surface area contributed by atoms with Gasteiger partial charge in [0, 0.05) is 25.3 Å². The van der Waals surface area contributed by atoms with E-state index in [2.05, 4.69) is 24.1 Å². The van der Waals surface area contributed by atoms with Gasteiger partial charge in [0.05, 0.1) is 16.8 Å². The lowest BCUT2D eigenvalue weighted by Crippen LogP contribution is -2.59. The van der Waals surface area contributed by atoms with Gasteiger partial charge in [-0.05, 0) is 39.8 Å². The smallest absolute Gasteiger partial charge is 0.256 e. The van der Waals surface area contributed by atoms with Gasteiger partial charge in [-0.15, -0.1) is 0 Å². The second-order valence-electron chi connectivity index (χ2n) is 5.53. The van der Waals surface area contributed by atoms with Gasteiger partial charge in [0.2, 0.25) is 0 Å². The van der Waals surface area contributed by atoms with E-state index in [1.807, 2.05) is 30.9 Å². The van der Waals surface area contributed by atoms with Crippen LogP contribution in [-0.2, 0) is 0 Å². The molecule has 1 aliphatic rings. The van der Waals surface area contributed by atoms with Crippen molar-refractivity contribution < 1.29 is 4.79 Å². The fourth-order valence-corrected chi connectivity index (χ4v) is 2.42. The molecule has 0 spiro atoms. The summed E-state index contributed by atoms with van der Waals surface area (Å²) in [4.78, 5) is 18.9. The minimum absolute atomic E-state index is 0.0894. The van der Waals surface area contributed by atoms with E-state index in [1.165, 1.54) is 0 Å². The number of nitrogens with zero attached hydrogens (tertiary/aromatic N) is 2. The molecule has 1 aromatic rings. The summed E-state index contributed by atoms with van der Waals surface area (Å²) in [5, 5.41) is 3.33. The van der Waals surface area contributed by atoms with Gasteiger partial charge in [-0.3, -0.25) is 9.78 Å². The van der Waals surface area contributed by atoms with Gasteiger partial charge >= 0.3 is 0 Å². The average molecular weight is 247 g/mol. The van der Waals surface area contributed by atoms with Crippen LogP contribution in [0.2, 0.25) is 0 Å². The second-order valence-corrected chi connectivity index (χ2v) is 5.53. The van der Waals surface area contributed by atoms with Crippen LogP contribution in [0.3, 0.4) is 0 Å². The molecule has 0 saturated carbocycles. The van der Waals surface area contributed by atoms with E-state index >= 15 is 0 Å². The highest BCUT2D eigenvalue weighted by atomic mass is 16.2. The first-order valence-corrected chi connectivity index (χ1v) is 6.39. The number of aromatic nitrogens is 1. The first-order valence-electron chi connectivity index (χ1n) is 6.39. The van der Waals surface area contributed by atoms with Crippen molar-refractivity contribution in [1.82, 2.24) is 15.2 Å². The largest absolute Gasteiger partial charge is 0.331 e. The number of carbonyl (C=O) groups is 1. The molecular formula is C14H21N3O. The van der Waals surface area contributed by atoms with Crippen molar-refractivity contribution in [2.75, 3.05) is 19.6 Å². The maximum Gasteiger partial charge on any atom is 0.256 e. The van der Waals surface area contributed by atoms with Gasteiger partial charge in [-0.1, -0.05) is 0 Å². The number of hydrogen-bond donors (Lipinski definition) is 1. The van der Waals surface area contributed by atoms with Crippen LogP contribution in [0.15, 0.2) is 12.1 Å². The standard InChI is InChI=1S/C14H21N3O/c1-10-5-6-12(11(2)16-10)13(18)17-8-7-15-9-14(17,3)4/h5-6,15H,7-9H2,1-4H3. The summed E-state index contributed by atoms with van der Waals surface area (Å²) in [6.07, 6.45) is 0. The van der Waals surface area contributed by atoms with Crippen LogP contribution in [0.1, 0.15) is 35.6 Å². The molecule has 1 fully saturated rings. The molecule has 4 heteroatoms. The molecule has 1 saturated heterocycles. The van der Waals surface area contributed by atoms with Gasteiger partial charge < -0.3 is 10.2 Å². The van der Waals surface area contributed by atoms with E-state index in [1.54, 1.807) is 0 Å². The van der Waals surface area contributed by atoms with Gasteiger partial charge in [0.25, 0.3) is 5.91 Å². The van der Waals surface area contributed by atoms with E-state index in [0.29, 0.717) is 0 Å². The monoisotopic (exact) mass is 247 g/mol. The Hall–Kier alpha value is -1.42. The molecule has 0 radical (unpaired) electrons. The zero-order valence-electron chi connectivity index (χ0n) is 11.6. The number of hydrogen-bond acceptors (Lipinski definition) is 3. The fourth-order valence-electron chi connectivity index (χ4n) is 2.42. The number of amides is 1. The Balaban J connectivity index is 2.30. The molecule has 2 rings (SSSR count). The number of rotatable bonds is 1. The van der Waals surface area contributed by atoms with Gasteiger partial charge in [0.15, 0.2) is 0 Å². The first kappa shape index (κ1) is 13.0. The van der Waals surface area contributed by atoms with Crippen molar-refractivity contribution in [3.8, 4) is 0 Å². The molecular weight excluding hydrogens is 226 g/mol. The van der Waals surface area contributed by atoms with Crippen LogP contribution in [0.25, 0.3) is 0 Å². The first-order chi connectivity index (χ1) is 8.42. The van der Waals surface area contributed by atoms with Crippen molar-refractivity contribution in [3.63, 3.8) is 0 Å². The number of aryl methyl sites for hydroxylation is 2. The lowest BCUT2D eigenvalue weighted by Gasteiger charge is -2.43. The Bertz CT molecular complexity index is 468. The summed E-state index contributed by atoms with van der Waals surface area (Å²) >= 11 is 0. The zero-order valence-corrected chi connectivity index (χ0v) is 11.6. The molecule has 0 aromatic carbocycles. The molecule has 0 atom stereocenters. The molecule has 1 amide bonds. The summed E-state index contributed by atoms with van der Waals surface area (Å²) in [5.74, 6) is 0.0894. The Labute approximate surface area is 108 Å². The van der Waals surface area contributed by atoms with Crippen LogP contribution in [-0.4, -0.2) is 41.0 Å². The number of carbonyl (C=O) groups excluding carboxylic acids is 1. The van der Waals surface area contributed by atoms with Crippen molar-refractivity contribution in [3.05, 3.63) is 29.1 Å². The predicted octanol–water partition coefficient (Wildman–Crippen LogP) is 1.52. The van der Waals surface area contributed by atoms with Crippen molar-refractivity contribution in [2.45, 2.75) is 33.2 Å². The van der Waals surface area contributed by atoms with E-state index in [0.717, 1.165) is 36.6 Å². The highest BCUT2D eigenvalue weighted by Gasteiger charge is 2.34. The Morgan fingerprint density at radius 2 is 2.11 bits per heavy atom. The van der Waals surface area contributed by atoms with Gasteiger partial charge in [-0.2, -0.15) is 0 Å².